The van der Waals surface area contributed by atoms with Crippen molar-refractivity contribution in [3.8, 4) is 5.75 Å². The summed E-state index contributed by atoms with van der Waals surface area (Å²) in [5, 5.41) is 4.54. The molecule has 0 atom stereocenters. The summed E-state index contributed by atoms with van der Waals surface area (Å²) >= 11 is 0. The number of benzene rings is 2. The van der Waals surface area contributed by atoms with Gasteiger partial charge in [0.1, 0.15) is 11.3 Å². The minimum atomic E-state index is 0.793. The van der Waals surface area contributed by atoms with Gasteiger partial charge in [-0.25, -0.2) is 0 Å². The Kier molecular flexibility index (Phi) is 4.77. The van der Waals surface area contributed by atoms with Crippen LogP contribution in [-0.4, -0.2) is 12.1 Å². The summed E-state index contributed by atoms with van der Waals surface area (Å²) in [6.45, 7) is 2.22. The van der Waals surface area contributed by atoms with E-state index in [4.69, 9.17) is 4.74 Å². The Morgan fingerprint density at radius 2 is 1.87 bits per heavy atom. The third kappa shape index (κ3) is 3.45. The van der Waals surface area contributed by atoms with Gasteiger partial charge in [-0.05, 0) is 42.7 Å². The van der Waals surface area contributed by atoms with Gasteiger partial charge in [0.25, 0.3) is 0 Å². The molecule has 23 heavy (non-hydrogen) atoms. The molecule has 0 aliphatic rings. The van der Waals surface area contributed by atoms with E-state index in [1.54, 1.807) is 7.11 Å². The number of aromatic nitrogens is 1. The Balaban J connectivity index is 1.87. The Morgan fingerprint density at radius 1 is 1.04 bits per heavy atom. The minimum Gasteiger partial charge on any atom is -0.494 e. The van der Waals surface area contributed by atoms with E-state index >= 15 is 0 Å². The van der Waals surface area contributed by atoms with Crippen molar-refractivity contribution in [3.05, 3.63) is 60.3 Å². The molecule has 0 unspecified atom stereocenters. The van der Waals surface area contributed by atoms with E-state index in [2.05, 4.69) is 47.6 Å². The second kappa shape index (κ2) is 7.14. The maximum Gasteiger partial charge on any atom is 0.145 e. The average molecular weight is 306 g/mol. The molecule has 1 heterocycles. The molecule has 0 spiro atoms. The molecule has 3 heteroatoms. The SMILES string of the molecule is CCCCc1ccc(Nc2ccnc3c(OC)cccc23)cc1. The molecule has 0 saturated carbocycles. The van der Waals surface area contributed by atoms with E-state index < -0.39 is 0 Å². The highest BCUT2D eigenvalue weighted by Gasteiger charge is 2.06. The number of aryl methyl sites for hydroxylation is 1. The van der Waals surface area contributed by atoms with Crippen LogP contribution >= 0.6 is 0 Å². The molecule has 0 saturated heterocycles. The number of fused-ring (bicyclic) bond motifs is 1. The van der Waals surface area contributed by atoms with E-state index in [1.807, 2.05) is 24.4 Å². The van der Waals surface area contributed by atoms with Crippen molar-refractivity contribution in [2.75, 3.05) is 12.4 Å². The van der Waals surface area contributed by atoms with Gasteiger partial charge in [0.2, 0.25) is 0 Å². The predicted molar refractivity (Wildman–Crippen MR) is 96.6 cm³/mol. The van der Waals surface area contributed by atoms with Gasteiger partial charge in [-0.3, -0.25) is 4.98 Å². The average Bonchev–Trinajstić information content (AvgIpc) is 2.61. The summed E-state index contributed by atoms with van der Waals surface area (Å²) in [7, 11) is 1.67. The fourth-order valence-corrected chi connectivity index (χ4v) is 2.71. The molecule has 1 N–H and O–H groups in total. The maximum absolute atomic E-state index is 5.40. The topological polar surface area (TPSA) is 34.2 Å². The first-order valence-corrected chi connectivity index (χ1v) is 8.09. The normalized spacial score (nSPS) is 10.7. The fourth-order valence-electron chi connectivity index (χ4n) is 2.71. The molecule has 3 aromatic rings. The van der Waals surface area contributed by atoms with Crippen LogP contribution in [0.3, 0.4) is 0 Å². The van der Waals surface area contributed by atoms with Crippen molar-refractivity contribution in [1.82, 2.24) is 4.98 Å². The van der Waals surface area contributed by atoms with Crippen molar-refractivity contribution in [2.24, 2.45) is 0 Å². The van der Waals surface area contributed by atoms with Crippen LogP contribution in [0.4, 0.5) is 11.4 Å². The zero-order valence-corrected chi connectivity index (χ0v) is 13.7. The van der Waals surface area contributed by atoms with Gasteiger partial charge in [0.15, 0.2) is 0 Å². The van der Waals surface area contributed by atoms with Crippen LogP contribution in [0.2, 0.25) is 0 Å². The van der Waals surface area contributed by atoms with Gasteiger partial charge >= 0.3 is 0 Å². The van der Waals surface area contributed by atoms with Crippen molar-refractivity contribution in [1.29, 1.82) is 0 Å². The third-order valence-electron chi connectivity index (χ3n) is 4.01. The van der Waals surface area contributed by atoms with E-state index in [1.165, 1.54) is 18.4 Å². The Bertz CT molecular complexity index is 781. The molecule has 1 aromatic heterocycles. The lowest BCUT2D eigenvalue weighted by Crippen LogP contribution is -1.94. The van der Waals surface area contributed by atoms with Gasteiger partial charge in [-0.15, -0.1) is 0 Å². The summed E-state index contributed by atoms with van der Waals surface area (Å²) in [4.78, 5) is 4.44. The number of unbranched alkanes of at least 4 members (excludes halogenated alkanes) is 1. The predicted octanol–water partition coefficient (Wildman–Crippen LogP) is 5.33. The van der Waals surface area contributed by atoms with Crippen LogP contribution in [0, 0.1) is 0 Å². The minimum absolute atomic E-state index is 0.793. The van der Waals surface area contributed by atoms with Crippen molar-refractivity contribution in [2.45, 2.75) is 26.2 Å². The first-order valence-electron chi connectivity index (χ1n) is 8.09. The number of anilines is 2. The van der Waals surface area contributed by atoms with Crippen LogP contribution < -0.4 is 10.1 Å². The van der Waals surface area contributed by atoms with E-state index in [-0.39, 0.29) is 0 Å². The zero-order chi connectivity index (χ0) is 16.1. The largest absolute Gasteiger partial charge is 0.494 e. The van der Waals surface area contributed by atoms with Crippen LogP contribution in [0.1, 0.15) is 25.3 Å². The molecule has 3 nitrogen and oxygen atoms in total. The quantitative estimate of drug-likeness (QED) is 0.668. The molecule has 0 radical (unpaired) electrons. The third-order valence-corrected chi connectivity index (χ3v) is 4.01. The summed E-state index contributed by atoms with van der Waals surface area (Å²) in [6, 6.07) is 16.6. The highest BCUT2D eigenvalue weighted by atomic mass is 16.5. The number of nitrogens with zero attached hydrogens (tertiary/aromatic N) is 1. The van der Waals surface area contributed by atoms with Crippen LogP contribution in [0.15, 0.2) is 54.7 Å². The molecule has 0 bridgehead atoms. The molecule has 3 rings (SSSR count). The van der Waals surface area contributed by atoms with E-state index in [0.717, 1.165) is 34.4 Å². The highest BCUT2D eigenvalue weighted by Crippen LogP contribution is 2.30. The lowest BCUT2D eigenvalue weighted by atomic mass is 10.1. The second-order valence-corrected chi connectivity index (χ2v) is 5.64. The highest BCUT2D eigenvalue weighted by molar-refractivity contribution is 5.96. The molecule has 118 valence electrons. The van der Waals surface area contributed by atoms with Gasteiger partial charge < -0.3 is 10.1 Å². The van der Waals surface area contributed by atoms with Crippen LogP contribution in [0.5, 0.6) is 5.75 Å². The number of hydrogen-bond acceptors (Lipinski definition) is 3. The number of pyridine rings is 1. The summed E-state index contributed by atoms with van der Waals surface area (Å²) in [5.41, 5.74) is 4.38. The Labute approximate surface area is 137 Å². The van der Waals surface area contributed by atoms with Gasteiger partial charge in [0.05, 0.1) is 7.11 Å². The molecule has 0 aliphatic carbocycles. The second-order valence-electron chi connectivity index (χ2n) is 5.64. The molecular formula is C20H22N2O. The van der Waals surface area contributed by atoms with Crippen molar-refractivity contribution >= 4 is 22.3 Å². The van der Waals surface area contributed by atoms with Crippen LogP contribution in [0.25, 0.3) is 10.9 Å². The number of methoxy groups -OCH3 is 1. The maximum atomic E-state index is 5.40. The summed E-state index contributed by atoms with van der Waals surface area (Å²) in [6.07, 6.45) is 5.42. The lowest BCUT2D eigenvalue weighted by Gasteiger charge is -2.11. The molecule has 0 amide bonds. The van der Waals surface area contributed by atoms with Gasteiger partial charge in [0, 0.05) is 23.0 Å². The van der Waals surface area contributed by atoms with Crippen LogP contribution in [-0.2, 0) is 6.42 Å². The number of ether oxygens (including phenoxy) is 1. The standard InChI is InChI=1S/C20H22N2O/c1-3-4-6-15-9-11-16(12-10-15)22-18-13-14-21-20-17(18)7-5-8-19(20)23-2/h5,7-14H,3-4,6H2,1-2H3,(H,21,22). The molecule has 0 aliphatic heterocycles. The van der Waals surface area contributed by atoms with Crippen molar-refractivity contribution in [3.63, 3.8) is 0 Å². The van der Waals surface area contributed by atoms with Gasteiger partial charge in [-0.1, -0.05) is 37.6 Å². The number of para-hydroxylation sites is 1. The lowest BCUT2D eigenvalue weighted by molar-refractivity contribution is 0.419. The van der Waals surface area contributed by atoms with Gasteiger partial charge in [-0.2, -0.15) is 0 Å². The smallest absolute Gasteiger partial charge is 0.145 e. The summed E-state index contributed by atoms with van der Waals surface area (Å²) < 4.78 is 5.40. The number of hydrogen-bond donors (Lipinski definition) is 1. The molecular weight excluding hydrogens is 284 g/mol. The first-order chi connectivity index (χ1) is 11.3. The van der Waals surface area contributed by atoms with E-state index in [9.17, 15) is 0 Å². The number of nitrogens with one attached hydrogen (secondary N) is 1. The Morgan fingerprint density at radius 3 is 2.61 bits per heavy atom. The Hall–Kier alpha value is -2.55. The molecule has 2 aromatic carbocycles. The zero-order valence-electron chi connectivity index (χ0n) is 13.7. The summed E-state index contributed by atoms with van der Waals surface area (Å²) in [5.74, 6) is 0.793. The monoisotopic (exact) mass is 306 g/mol. The number of rotatable bonds is 6. The molecule has 0 fully saturated rings. The van der Waals surface area contributed by atoms with E-state index in [0.29, 0.717) is 0 Å². The first kappa shape index (κ1) is 15.3. The fraction of sp³-hybridized carbons (Fsp3) is 0.250. The van der Waals surface area contributed by atoms with Crippen molar-refractivity contribution < 1.29 is 4.74 Å².